The van der Waals surface area contributed by atoms with Gasteiger partial charge in [0.25, 0.3) is 11.8 Å². The van der Waals surface area contributed by atoms with Crippen LogP contribution in [0.4, 0.5) is 4.79 Å². The third-order valence-corrected chi connectivity index (χ3v) is 5.26. The third kappa shape index (κ3) is 2.85. The van der Waals surface area contributed by atoms with Crippen LogP contribution in [0, 0.1) is 6.92 Å². The smallest absolute Gasteiger partial charge is 0.325 e. The second kappa shape index (κ2) is 6.55. The van der Waals surface area contributed by atoms with Gasteiger partial charge >= 0.3 is 6.03 Å². The molecular weight excluding hydrogens is 384 g/mol. The molecule has 30 heavy (non-hydrogen) atoms. The van der Waals surface area contributed by atoms with Crippen molar-refractivity contribution in [2.45, 2.75) is 25.9 Å². The highest BCUT2D eigenvalue weighted by Gasteiger charge is 2.51. The summed E-state index contributed by atoms with van der Waals surface area (Å²) in [4.78, 5) is 31.1. The number of amides is 3. The number of fused-ring (bicyclic) bond motifs is 1. The Bertz CT molecular complexity index is 1240. The van der Waals surface area contributed by atoms with Gasteiger partial charge in [0.15, 0.2) is 11.4 Å². The molecule has 2 aromatic heterocycles. The van der Waals surface area contributed by atoms with Crippen LogP contribution >= 0.6 is 0 Å². The highest BCUT2D eigenvalue weighted by atomic mass is 16.5. The Morgan fingerprint density at radius 1 is 1.10 bits per heavy atom. The highest BCUT2D eigenvalue weighted by molar-refractivity contribution is 6.07. The van der Waals surface area contributed by atoms with Crippen LogP contribution in [-0.4, -0.2) is 27.0 Å². The maximum atomic E-state index is 13.1. The van der Waals surface area contributed by atoms with Crippen molar-refractivity contribution in [3.63, 3.8) is 0 Å². The zero-order chi connectivity index (χ0) is 20.9. The van der Waals surface area contributed by atoms with Crippen LogP contribution in [0.2, 0.25) is 0 Å². The molecule has 0 saturated carbocycles. The number of nitrogens with one attached hydrogen (secondary N) is 1. The molecule has 5 rings (SSSR count). The zero-order valence-electron chi connectivity index (χ0n) is 16.4. The monoisotopic (exact) mass is 402 g/mol. The van der Waals surface area contributed by atoms with Gasteiger partial charge in [0.2, 0.25) is 0 Å². The van der Waals surface area contributed by atoms with E-state index in [1.165, 1.54) is 0 Å². The molecule has 1 aliphatic heterocycles. The quantitative estimate of drug-likeness (QED) is 0.522. The van der Waals surface area contributed by atoms with Crippen LogP contribution in [0.3, 0.4) is 0 Å². The van der Waals surface area contributed by atoms with E-state index >= 15 is 0 Å². The van der Waals surface area contributed by atoms with Crippen molar-refractivity contribution in [1.82, 2.24) is 20.4 Å². The molecule has 1 fully saturated rings. The Kier molecular flexibility index (Phi) is 3.95. The minimum Gasteiger partial charge on any atom is -0.458 e. The van der Waals surface area contributed by atoms with Crippen molar-refractivity contribution in [1.29, 1.82) is 0 Å². The minimum atomic E-state index is -1.31. The molecule has 1 N–H and O–H groups in total. The lowest BCUT2D eigenvalue weighted by molar-refractivity contribution is -0.132. The van der Waals surface area contributed by atoms with Crippen LogP contribution in [-0.2, 0) is 16.9 Å². The summed E-state index contributed by atoms with van der Waals surface area (Å²) >= 11 is 0. The maximum absolute atomic E-state index is 13.1. The molecule has 3 heterocycles. The number of para-hydroxylation sites is 1. The lowest BCUT2D eigenvalue weighted by atomic mass is 9.99. The van der Waals surface area contributed by atoms with E-state index in [-0.39, 0.29) is 12.4 Å². The Hall–Kier alpha value is -3.94. The molecule has 8 nitrogen and oxygen atoms in total. The maximum Gasteiger partial charge on any atom is 0.325 e. The Balaban J connectivity index is 1.40. The van der Waals surface area contributed by atoms with Gasteiger partial charge in [0.05, 0.1) is 6.54 Å². The van der Waals surface area contributed by atoms with Gasteiger partial charge in [-0.1, -0.05) is 41.1 Å². The van der Waals surface area contributed by atoms with Gasteiger partial charge in [-0.15, -0.1) is 0 Å². The molecule has 150 valence electrons. The van der Waals surface area contributed by atoms with Crippen LogP contribution in [0.15, 0.2) is 63.5 Å². The first-order valence-electron chi connectivity index (χ1n) is 9.47. The lowest BCUT2D eigenvalue weighted by Crippen LogP contribution is -2.40. The van der Waals surface area contributed by atoms with Crippen molar-refractivity contribution in [2.75, 3.05) is 0 Å². The van der Waals surface area contributed by atoms with Crippen molar-refractivity contribution < 1.29 is 18.5 Å². The van der Waals surface area contributed by atoms with Gasteiger partial charge in [-0.2, -0.15) is 4.98 Å². The molecule has 0 aliphatic carbocycles. The summed E-state index contributed by atoms with van der Waals surface area (Å²) in [5, 5.41) is 7.51. The van der Waals surface area contributed by atoms with Gasteiger partial charge in [0.1, 0.15) is 11.3 Å². The zero-order valence-corrected chi connectivity index (χ0v) is 16.4. The van der Waals surface area contributed by atoms with Gasteiger partial charge in [-0.05, 0) is 38.1 Å². The van der Waals surface area contributed by atoms with E-state index in [4.69, 9.17) is 8.94 Å². The lowest BCUT2D eigenvalue weighted by Gasteiger charge is -2.18. The number of imide groups is 1. The summed E-state index contributed by atoms with van der Waals surface area (Å²) in [6, 6.07) is 16.3. The molecule has 0 radical (unpaired) electrons. The molecule has 1 atom stereocenters. The van der Waals surface area contributed by atoms with Crippen molar-refractivity contribution in [2.24, 2.45) is 0 Å². The standard InChI is InChI=1S/C22H18N4O4/c1-13-7-9-14(10-8-13)19-23-18(25-30-19)12-26-20(27)22(2,24-21(26)28)17-11-15-5-3-4-6-16(15)29-17/h3-11H,12H2,1-2H3,(H,24,28)/t22-/m1/s1. The predicted molar refractivity (Wildman–Crippen MR) is 107 cm³/mol. The number of furan rings is 1. The van der Waals surface area contributed by atoms with Crippen LogP contribution in [0.5, 0.6) is 0 Å². The Labute approximate surface area is 171 Å². The van der Waals surface area contributed by atoms with E-state index in [0.29, 0.717) is 17.2 Å². The van der Waals surface area contributed by atoms with Gasteiger partial charge in [0, 0.05) is 10.9 Å². The van der Waals surface area contributed by atoms with Gasteiger partial charge < -0.3 is 14.3 Å². The van der Waals surface area contributed by atoms with Crippen molar-refractivity contribution in [3.8, 4) is 11.5 Å². The Morgan fingerprint density at radius 2 is 1.87 bits per heavy atom. The van der Waals surface area contributed by atoms with Gasteiger partial charge in [-0.25, -0.2) is 4.79 Å². The predicted octanol–water partition coefficient (Wildman–Crippen LogP) is 3.76. The second-order valence-corrected chi connectivity index (χ2v) is 7.48. The number of carbonyl (C=O) groups excluding carboxylic acids is 2. The molecule has 4 aromatic rings. The van der Waals surface area contributed by atoms with E-state index < -0.39 is 17.5 Å². The summed E-state index contributed by atoms with van der Waals surface area (Å²) in [6.07, 6.45) is 0. The first kappa shape index (κ1) is 18.1. The first-order valence-corrected chi connectivity index (χ1v) is 9.47. The SMILES string of the molecule is Cc1ccc(-c2nc(CN3C(=O)N[C@](C)(c4cc5ccccc5o4)C3=O)no2)cc1. The van der Waals surface area contributed by atoms with Crippen molar-refractivity contribution >= 4 is 22.9 Å². The summed E-state index contributed by atoms with van der Waals surface area (Å²) in [6.45, 7) is 3.51. The van der Waals surface area contributed by atoms with E-state index in [1.54, 1.807) is 13.0 Å². The van der Waals surface area contributed by atoms with E-state index in [2.05, 4.69) is 15.5 Å². The molecule has 0 bridgehead atoms. The van der Waals surface area contributed by atoms with E-state index in [9.17, 15) is 9.59 Å². The van der Waals surface area contributed by atoms with E-state index in [1.807, 2.05) is 55.5 Å². The Morgan fingerprint density at radius 3 is 2.63 bits per heavy atom. The fourth-order valence-corrected chi connectivity index (χ4v) is 3.51. The summed E-state index contributed by atoms with van der Waals surface area (Å²) < 4.78 is 11.1. The summed E-state index contributed by atoms with van der Waals surface area (Å²) in [5.41, 5.74) is 1.22. The minimum absolute atomic E-state index is 0.101. The molecule has 0 unspecified atom stereocenters. The van der Waals surface area contributed by atoms with Crippen LogP contribution in [0.25, 0.3) is 22.4 Å². The number of aryl methyl sites for hydroxylation is 1. The molecule has 2 aromatic carbocycles. The van der Waals surface area contributed by atoms with Crippen molar-refractivity contribution in [3.05, 3.63) is 71.7 Å². The summed E-state index contributed by atoms with van der Waals surface area (Å²) in [7, 11) is 0. The molecular formula is C22H18N4O4. The van der Waals surface area contributed by atoms with Crippen LogP contribution in [0.1, 0.15) is 24.1 Å². The summed E-state index contributed by atoms with van der Waals surface area (Å²) in [5.74, 6) is 0.506. The molecule has 8 heteroatoms. The fraction of sp³-hybridized carbons (Fsp3) is 0.182. The second-order valence-electron chi connectivity index (χ2n) is 7.48. The molecule has 3 amide bonds. The number of benzene rings is 2. The number of carbonyl (C=O) groups is 2. The van der Waals surface area contributed by atoms with E-state index in [0.717, 1.165) is 21.4 Å². The van der Waals surface area contributed by atoms with Gasteiger partial charge in [-0.3, -0.25) is 9.69 Å². The average molecular weight is 402 g/mol. The highest BCUT2D eigenvalue weighted by Crippen LogP contribution is 2.33. The fourth-order valence-electron chi connectivity index (χ4n) is 3.51. The number of urea groups is 1. The topological polar surface area (TPSA) is 101 Å². The molecule has 0 spiro atoms. The number of hydrogen-bond acceptors (Lipinski definition) is 6. The average Bonchev–Trinajstić information content (AvgIpc) is 3.43. The number of aromatic nitrogens is 2. The number of nitrogens with zero attached hydrogens (tertiary/aromatic N) is 3. The first-order chi connectivity index (χ1) is 14.4. The largest absolute Gasteiger partial charge is 0.458 e. The number of rotatable bonds is 4. The molecule has 1 saturated heterocycles. The van der Waals surface area contributed by atoms with Crippen LogP contribution < -0.4 is 5.32 Å². The normalized spacial score (nSPS) is 18.9. The number of hydrogen-bond donors (Lipinski definition) is 1. The third-order valence-electron chi connectivity index (χ3n) is 5.26. The molecule has 1 aliphatic rings.